The van der Waals surface area contributed by atoms with Crippen LogP contribution >= 0.6 is 0 Å². The summed E-state index contributed by atoms with van der Waals surface area (Å²) < 4.78 is 0. The van der Waals surface area contributed by atoms with Crippen LogP contribution in [0.5, 0.6) is 5.75 Å². The predicted octanol–water partition coefficient (Wildman–Crippen LogP) is 2.68. The fraction of sp³-hybridized carbons (Fsp3) is 0.471. The molecule has 4 heteroatoms. The molecule has 1 aliphatic rings. The maximum Gasteiger partial charge on any atom is 0.160 e. The average molecular weight is 289 g/mol. The molecule has 1 aliphatic carbocycles. The number of hydrogen-bond acceptors (Lipinski definition) is 4. The minimum atomic E-state index is -0.667. The van der Waals surface area contributed by atoms with Crippen LogP contribution in [0.3, 0.4) is 0 Å². The zero-order chi connectivity index (χ0) is 15.1. The van der Waals surface area contributed by atoms with Gasteiger partial charge in [-0.3, -0.25) is 4.79 Å². The van der Waals surface area contributed by atoms with Gasteiger partial charge >= 0.3 is 0 Å². The molecule has 4 nitrogen and oxygen atoms in total. The number of aromatic hydroxyl groups is 1. The third kappa shape index (κ3) is 4.90. The number of benzene rings is 1. The molecule has 114 valence electrons. The molecule has 1 aromatic rings. The van der Waals surface area contributed by atoms with Gasteiger partial charge in [-0.15, -0.1) is 0 Å². The Labute approximate surface area is 125 Å². The smallest absolute Gasteiger partial charge is 0.160 e. The number of nitrogens with one attached hydrogen (secondary N) is 1. The molecule has 1 aromatic carbocycles. The van der Waals surface area contributed by atoms with Crippen molar-refractivity contribution in [3.63, 3.8) is 0 Å². The number of carbonyl (C=O) groups is 1. The Bertz CT molecular complexity index is 475. The highest BCUT2D eigenvalue weighted by molar-refractivity contribution is 5.91. The van der Waals surface area contributed by atoms with E-state index in [4.69, 9.17) is 0 Å². The fourth-order valence-electron chi connectivity index (χ4n) is 2.66. The molecule has 3 N–H and O–H groups in total. The first-order chi connectivity index (χ1) is 10.2. The monoisotopic (exact) mass is 289 g/mol. The van der Waals surface area contributed by atoms with Crippen molar-refractivity contribution >= 4 is 5.78 Å². The number of phenolic OH excluding ortho intramolecular Hbond substituents is 1. The van der Waals surface area contributed by atoms with Crippen molar-refractivity contribution in [2.24, 2.45) is 5.92 Å². The normalized spacial score (nSPS) is 17.8. The van der Waals surface area contributed by atoms with E-state index in [1.807, 2.05) is 0 Å². The highest BCUT2D eigenvalue weighted by Gasteiger charge is 2.18. The van der Waals surface area contributed by atoms with E-state index in [-0.39, 0.29) is 17.5 Å². The average Bonchev–Trinajstić information content (AvgIpc) is 2.52. The lowest BCUT2D eigenvalue weighted by molar-refractivity contribution is -0.119. The van der Waals surface area contributed by atoms with Gasteiger partial charge in [0.25, 0.3) is 0 Å². The zero-order valence-corrected chi connectivity index (χ0v) is 12.2. The van der Waals surface area contributed by atoms with Gasteiger partial charge in [0.15, 0.2) is 5.78 Å². The number of rotatable bonds is 6. The van der Waals surface area contributed by atoms with Crippen molar-refractivity contribution in [3.05, 3.63) is 42.1 Å². The Balaban J connectivity index is 1.74. The molecule has 0 saturated heterocycles. The predicted molar refractivity (Wildman–Crippen MR) is 81.8 cm³/mol. The Morgan fingerprint density at radius 1 is 1.24 bits per heavy atom. The summed E-state index contributed by atoms with van der Waals surface area (Å²) >= 11 is 0. The summed E-state index contributed by atoms with van der Waals surface area (Å²) in [5, 5.41) is 22.1. The van der Waals surface area contributed by atoms with Crippen molar-refractivity contribution in [1.29, 1.82) is 0 Å². The second kappa shape index (κ2) is 7.84. The van der Waals surface area contributed by atoms with E-state index in [1.165, 1.54) is 6.42 Å². The largest absolute Gasteiger partial charge is 0.508 e. The second-order valence-electron chi connectivity index (χ2n) is 5.59. The molecule has 21 heavy (non-hydrogen) atoms. The molecule has 1 unspecified atom stereocenters. The van der Waals surface area contributed by atoms with Gasteiger partial charge in [-0.25, -0.2) is 0 Å². The SMILES string of the molecule is O=C(/C=C/NCC(O)c1ccc(O)cc1)C1CCCCC1. The van der Waals surface area contributed by atoms with Gasteiger partial charge in [0.2, 0.25) is 0 Å². The minimum Gasteiger partial charge on any atom is -0.508 e. The maximum atomic E-state index is 11.9. The molecule has 0 amide bonds. The fourth-order valence-corrected chi connectivity index (χ4v) is 2.66. The van der Waals surface area contributed by atoms with E-state index in [1.54, 1.807) is 36.5 Å². The summed E-state index contributed by atoms with van der Waals surface area (Å²) in [6.07, 6.45) is 8.08. The van der Waals surface area contributed by atoms with Gasteiger partial charge in [-0.1, -0.05) is 31.4 Å². The highest BCUT2D eigenvalue weighted by Crippen LogP contribution is 2.24. The van der Waals surface area contributed by atoms with Crippen LogP contribution < -0.4 is 5.32 Å². The number of aliphatic hydroxyl groups excluding tert-OH is 1. The molecule has 0 heterocycles. The molecule has 0 aliphatic heterocycles. The summed E-state index contributed by atoms with van der Waals surface area (Å²) in [4.78, 5) is 11.9. The second-order valence-corrected chi connectivity index (χ2v) is 5.59. The standard InChI is InChI=1S/C17H23NO3/c19-15-8-6-14(7-9-15)17(21)12-18-11-10-16(20)13-4-2-1-3-5-13/h6-11,13,17-19,21H,1-5,12H2/b11-10+. The maximum absolute atomic E-state index is 11.9. The quantitative estimate of drug-likeness (QED) is 0.704. The summed E-state index contributed by atoms with van der Waals surface area (Å²) in [6, 6.07) is 6.44. The van der Waals surface area contributed by atoms with Crippen LogP contribution in [0, 0.1) is 5.92 Å². The molecule has 1 fully saturated rings. The number of aliphatic hydroxyl groups is 1. The van der Waals surface area contributed by atoms with Gasteiger partial charge in [0, 0.05) is 18.7 Å². The Hall–Kier alpha value is -1.81. The van der Waals surface area contributed by atoms with Crippen LogP contribution in [-0.2, 0) is 4.79 Å². The van der Waals surface area contributed by atoms with Crippen LogP contribution in [0.1, 0.15) is 43.8 Å². The summed E-state index contributed by atoms with van der Waals surface area (Å²) in [6.45, 7) is 0.333. The van der Waals surface area contributed by atoms with Gasteiger partial charge < -0.3 is 15.5 Å². The third-order valence-corrected chi connectivity index (χ3v) is 3.96. The third-order valence-electron chi connectivity index (χ3n) is 3.96. The van der Waals surface area contributed by atoms with E-state index >= 15 is 0 Å². The van der Waals surface area contributed by atoms with E-state index in [0.717, 1.165) is 31.2 Å². The number of allylic oxidation sites excluding steroid dienone is 1. The molecule has 0 spiro atoms. The van der Waals surface area contributed by atoms with Crippen molar-refractivity contribution in [1.82, 2.24) is 5.32 Å². The van der Waals surface area contributed by atoms with E-state index in [9.17, 15) is 15.0 Å². The number of hydrogen-bond donors (Lipinski definition) is 3. The molecular formula is C17H23NO3. The number of carbonyl (C=O) groups excluding carboxylic acids is 1. The Morgan fingerprint density at radius 3 is 2.57 bits per heavy atom. The number of ketones is 1. The van der Waals surface area contributed by atoms with E-state index < -0.39 is 6.10 Å². The van der Waals surface area contributed by atoms with Gasteiger partial charge in [-0.2, -0.15) is 0 Å². The first-order valence-corrected chi connectivity index (χ1v) is 7.57. The Morgan fingerprint density at radius 2 is 1.90 bits per heavy atom. The summed E-state index contributed by atoms with van der Waals surface area (Å²) in [7, 11) is 0. The van der Waals surface area contributed by atoms with Crippen LogP contribution in [0.15, 0.2) is 36.5 Å². The summed E-state index contributed by atoms with van der Waals surface area (Å²) in [5.41, 5.74) is 0.729. The van der Waals surface area contributed by atoms with Gasteiger partial charge in [0.1, 0.15) is 5.75 Å². The van der Waals surface area contributed by atoms with Crippen molar-refractivity contribution in [2.45, 2.75) is 38.2 Å². The minimum absolute atomic E-state index is 0.178. The molecule has 2 rings (SSSR count). The number of phenols is 1. The van der Waals surface area contributed by atoms with Gasteiger partial charge in [-0.05, 0) is 36.6 Å². The lowest BCUT2D eigenvalue weighted by atomic mass is 9.86. The van der Waals surface area contributed by atoms with Crippen LogP contribution in [0.25, 0.3) is 0 Å². The molecule has 0 radical (unpaired) electrons. The Kier molecular flexibility index (Phi) is 5.81. The lowest BCUT2D eigenvalue weighted by Gasteiger charge is -2.18. The molecular weight excluding hydrogens is 266 g/mol. The molecule has 0 bridgehead atoms. The molecule has 1 saturated carbocycles. The zero-order valence-electron chi connectivity index (χ0n) is 12.2. The topological polar surface area (TPSA) is 69.6 Å². The molecule has 0 aromatic heterocycles. The van der Waals surface area contributed by atoms with Crippen LogP contribution in [0.2, 0.25) is 0 Å². The highest BCUT2D eigenvalue weighted by atomic mass is 16.3. The lowest BCUT2D eigenvalue weighted by Crippen LogP contribution is -2.19. The van der Waals surface area contributed by atoms with Crippen molar-refractivity contribution < 1.29 is 15.0 Å². The van der Waals surface area contributed by atoms with Gasteiger partial charge in [0.05, 0.1) is 6.10 Å². The summed E-state index contributed by atoms with van der Waals surface area (Å²) in [5.74, 6) is 0.539. The van der Waals surface area contributed by atoms with Crippen molar-refractivity contribution in [2.75, 3.05) is 6.54 Å². The first kappa shape index (κ1) is 15.6. The molecule has 1 atom stereocenters. The van der Waals surface area contributed by atoms with Crippen LogP contribution in [-0.4, -0.2) is 22.5 Å². The first-order valence-electron chi connectivity index (χ1n) is 7.57. The van der Waals surface area contributed by atoms with Crippen molar-refractivity contribution in [3.8, 4) is 5.75 Å². The van der Waals surface area contributed by atoms with Crippen LogP contribution in [0.4, 0.5) is 0 Å². The van der Waals surface area contributed by atoms with E-state index in [2.05, 4.69) is 5.32 Å². The van der Waals surface area contributed by atoms with E-state index in [0.29, 0.717) is 6.54 Å².